The van der Waals surface area contributed by atoms with Crippen LogP contribution in [0.15, 0.2) is 0 Å². The number of halogens is 3. The minimum absolute atomic E-state index is 0.417. The van der Waals surface area contributed by atoms with Crippen LogP contribution in [0.4, 0.5) is 0 Å². The first kappa shape index (κ1) is 14.3. The van der Waals surface area contributed by atoms with Crippen LogP contribution in [0.5, 0.6) is 0 Å². The van der Waals surface area contributed by atoms with E-state index in [2.05, 4.69) is 61.0 Å². The number of rotatable bonds is 3. The molecule has 11 heavy (non-hydrogen) atoms. The smallest absolute Gasteiger partial charge is 0.0127 e. The molecule has 0 aromatic rings. The van der Waals surface area contributed by atoms with E-state index in [-0.39, 0.29) is 0 Å². The molecule has 5 heteroatoms. The van der Waals surface area contributed by atoms with Gasteiger partial charge >= 0.3 is 0 Å². The summed E-state index contributed by atoms with van der Waals surface area (Å²) in [6, 6.07) is 0. The lowest BCUT2D eigenvalue weighted by molar-refractivity contribution is 0.321. The number of hydrogen-bond donors (Lipinski definition) is 0. The fourth-order valence-corrected chi connectivity index (χ4v) is 0.671. The van der Waals surface area contributed by atoms with E-state index in [9.17, 15) is 0 Å². The zero-order valence-electron chi connectivity index (χ0n) is 7.15. The van der Waals surface area contributed by atoms with Gasteiger partial charge in [-0.15, -0.1) is 0 Å². The lowest BCUT2D eigenvalue weighted by atomic mass is 10.5. The van der Waals surface area contributed by atoms with Gasteiger partial charge in [-0.3, -0.25) is 0 Å². The quantitative estimate of drug-likeness (QED) is 0.676. The molecule has 0 N–H and O–H groups in total. The summed E-state index contributed by atoms with van der Waals surface area (Å²) in [5.74, 6) is 0. The Bertz CT molecular complexity index is 58.6. The zero-order chi connectivity index (χ0) is 9.28. The maximum absolute atomic E-state index is 4.64. The highest BCUT2D eigenvalue weighted by molar-refractivity contribution is 6.50. The first-order chi connectivity index (χ1) is 5.08. The summed E-state index contributed by atoms with van der Waals surface area (Å²) >= 11 is 13.9. The van der Waals surface area contributed by atoms with Crippen molar-refractivity contribution in [3.63, 3.8) is 0 Å². The molecular weight excluding hydrogens is 206 g/mol. The molecule has 0 fully saturated rings. The summed E-state index contributed by atoms with van der Waals surface area (Å²) < 4.78 is 0.417. The van der Waals surface area contributed by atoms with Crippen molar-refractivity contribution in [2.45, 2.75) is 20.8 Å². The molecule has 70 valence electrons. The Morgan fingerprint density at radius 1 is 0.818 bits per heavy atom. The molecular formula is C6H15Cl3N2. The van der Waals surface area contributed by atoms with E-state index in [0.29, 0.717) is 3.46 Å². The molecule has 0 aliphatic heterocycles. The van der Waals surface area contributed by atoms with Crippen LogP contribution in [0, 0.1) is 0 Å². The molecule has 0 aromatic carbocycles. The molecule has 0 heterocycles. The third-order valence-corrected chi connectivity index (χ3v) is 1.34. The topological polar surface area (TPSA) is 6.48 Å². The van der Waals surface area contributed by atoms with Gasteiger partial charge in [0.25, 0.3) is 0 Å². The Hall–Kier alpha value is 0.790. The van der Waals surface area contributed by atoms with Crippen molar-refractivity contribution < 1.29 is 0 Å². The predicted molar refractivity (Wildman–Crippen MR) is 52.9 cm³/mol. The third kappa shape index (κ3) is 18.1. The molecule has 0 saturated heterocycles. The van der Waals surface area contributed by atoms with Crippen LogP contribution in [-0.2, 0) is 0 Å². The van der Waals surface area contributed by atoms with Crippen LogP contribution in [0.1, 0.15) is 20.8 Å². The van der Waals surface area contributed by atoms with Crippen LogP contribution in [0.25, 0.3) is 0 Å². The maximum atomic E-state index is 4.64. The van der Waals surface area contributed by atoms with Crippen molar-refractivity contribution in [1.29, 1.82) is 0 Å². The van der Waals surface area contributed by atoms with Gasteiger partial charge in [0.2, 0.25) is 0 Å². The van der Waals surface area contributed by atoms with Crippen molar-refractivity contribution in [3.05, 3.63) is 0 Å². The Morgan fingerprint density at radius 2 is 1.00 bits per heavy atom. The molecule has 0 aliphatic carbocycles. The van der Waals surface area contributed by atoms with E-state index in [1.54, 1.807) is 0 Å². The van der Waals surface area contributed by atoms with Gasteiger partial charge in [-0.2, -0.15) is 0 Å². The van der Waals surface area contributed by atoms with Crippen molar-refractivity contribution >= 4 is 35.3 Å². The largest absolute Gasteiger partial charge is 0.304 e. The highest BCUT2D eigenvalue weighted by Gasteiger charge is 1.89. The predicted octanol–water partition coefficient (Wildman–Crippen LogP) is 3.10. The molecule has 2 nitrogen and oxygen atoms in total. The standard InChI is InChI=1S/C6H15N.Cl3N/c1-4-7(5-2)6-3;1-4(2)3/h4-6H2,1-3H3;. The average molecular weight is 222 g/mol. The Balaban J connectivity index is 0. The molecule has 0 bridgehead atoms. The van der Waals surface area contributed by atoms with Gasteiger partial charge in [-0.1, -0.05) is 20.8 Å². The highest BCUT2D eigenvalue weighted by atomic mass is 35.6. The van der Waals surface area contributed by atoms with Gasteiger partial charge < -0.3 is 4.90 Å². The van der Waals surface area contributed by atoms with Gasteiger partial charge in [0.15, 0.2) is 0 Å². The van der Waals surface area contributed by atoms with E-state index in [0.717, 1.165) is 0 Å². The van der Waals surface area contributed by atoms with Gasteiger partial charge in [0, 0.05) is 35.3 Å². The fourth-order valence-electron chi connectivity index (χ4n) is 0.671. The summed E-state index contributed by atoms with van der Waals surface area (Å²) in [6.07, 6.45) is 0. The summed E-state index contributed by atoms with van der Waals surface area (Å²) in [5.41, 5.74) is 0. The lowest BCUT2D eigenvalue weighted by Gasteiger charge is -2.13. The second-order valence-corrected chi connectivity index (χ2v) is 3.34. The van der Waals surface area contributed by atoms with E-state index < -0.39 is 0 Å². The zero-order valence-corrected chi connectivity index (χ0v) is 9.42. The summed E-state index contributed by atoms with van der Waals surface area (Å²) in [7, 11) is 0. The maximum Gasteiger partial charge on any atom is 0.0127 e. The second kappa shape index (κ2) is 10.8. The Labute approximate surface area is 84.3 Å². The second-order valence-electron chi connectivity index (χ2n) is 1.81. The minimum Gasteiger partial charge on any atom is -0.304 e. The highest BCUT2D eigenvalue weighted by Crippen LogP contribution is 1.99. The molecule has 0 unspecified atom stereocenters. The normalized spacial score (nSPS) is 9.82. The summed E-state index contributed by atoms with van der Waals surface area (Å²) in [5, 5.41) is 0. The molecule has 0 aromatic heterocycles. The van der Waals surface area contributed by atoms with Crippen molar-refractivity contribution in [1.82, 2.24) is 8.36 Å². The molecule has 0 amide bonds. The lowest BCUT2D eigenvalue weighted by Crippen LogP contribution is -2.21. The minimum atomic E-state index is 0.417. The van der Waals surface area contributed by atoms with Gasteiger partial charge in [-0.25, -0.2) is 0 Å². The molecule has 0 spiro atoms. The van der Waals surface area contributed by atoms with Crippen molar-refractivity contribution in [2.24, 2.45) is 0 Å². The molecule has 0 saturated carbocycles. The Morgan fingerprint density at radius 3 is 1.00 bits per heavy atom. The monoisotopic (exact) mass is 220 g/mol. The first-order valence-electron chi connectivity index (χ1n) is 3.58. The van der Waals surface area contributed by atoms with E-state index in [1.165, 1.54) is 19.6 Å². The molecule has 0 aliphatic rings. The molecule has 0 radical (unpaired) electrons. The van der Waals surface area contributed by atoms with Crippen LogP contribution in [0.3, 0.4) is 0 Å². The van der Waals surface area contributed by atoms with Crippen LogP contribution < -0.4 is 0 Å². The van der Waals surface area contributed by atoms with Crippen LogP contribution in [0.2, 0.25) is 0 Å². The molecule has 0 rings (SSSR count). The SMILES string of the molecule is CCN(CC)CC.ClN(Cl)Cl. The first-order valence-corrected chi connectivity index (χ1v) is 4.59. The van der Waals surface area contributed by atoms with Crippen LogP contribution >= 0.6 is 35.3 Å². The fraction of sp³-hybridized carbons (Fsp3) is 1.00. The van der Waals surface area contributed by atoms with Crippen molar-refractivity contribution in [3.8, 4) is 0 Å². The van der Waals surface area contributed by atoms with E-state index in [4.69, 9.17) is 0 Å². The van der Waals surface area contributed by atoms with Gasteiger partial charge in [0.1, 0.15) is 0 Å². The number of nitrogens with zero attached hydrogens (tertiary/aromatic N) is 2. The van der Waals surface area contributed by atoms with Crippen LogP contribution in [-0.4, -0.2) is 28.0 Å². The van der Waals surface area contributed by atoms with E-state index in [1.807, 2.05) is 0 Å². The third-order valence-electron chi connectivity index (χ3n) is 1.34. The summed E-state index contributed by atoms with van der Waals surface area (Å²) in [4.78, 5) is 2.38. The Kier molecular flexibility index (Phi) is 14.0. The summed E-state index contributed by atoms with van der Waals surface area (Å²) in [6.45, 7) is 10.1. The van der Waals surface area contributed by atoms with Crippen molar-refractivity contribution in [2.75, 3.05) is 19.6 Å². The van der Waals surface area contributed by atoms with Gasteiger partial charge in [-0.05, 0) is 23.1 Å². The number of hydrogen-bond acceptors (Lipinski definition) is 2. The molecule has 0 atom stereocenters. The van der Waals surface area contributed by atoms with Gasteiger partial charge in [0.05, 0.1) is 0 Å². The van der Waals surface area contributed by atoms with E-state index >= 15 is 0 Å². The average Bonchev–Trinajstić information content (AvgIpc) is 1.90.